The summed E-state index contributed by atoms with van der Waals surface area (Å²) in [5, 5.41) is 0. The number of thiol groups is 1. The summed E-state index contributed by atoms with van der Waals surface area (Å²) in [7, 11) is 0. The first kappa shape index (κ1) is 14.0. The number of hydrogen-bond donors (Lipinski definition) is 1. The molecule has 0 spiro atoms. The van der Waals surface area contributed by atoms with Crippen LogP contribution < -0.4 is 0 Å². The molecule has 0 saturated carbocycles. The zero-order valence-electron chi connectivity index (χ0n) is 5.85. The molecule has 0 unspecified atom stereocenters. The molecule has 0 radical (unpaired) electrons. The standard InChI is InChI=1S/C4H11O2PS2.Ni/c1-3-5-7(8,9)6-4-2;/h3-4H2,1-2H3,(H,8,9);. The first-order valence-corrected chi connectivity index (χ1v) is 6.53. The fraction of sp³-hybridized carbons (Fsp3) is 1.00. The maximum atomic E-state index is 5.04. The van der Waals surface area contributed by atoms with E-state index in [0.29, 0.717) is 13.2 Å². The van der Waals surface area contributed by atoms with Crippen molar-refractivity contribution in [2.24, 2.45) is 0 Å². The van der Waals surface area contributed by atoms with Crippen molar-refractivity contribution in [2.45, 2.75) is 13.8 Å². The zero-order valence-corrected chi connectivity index (χ0v) is 9.44. The van der Waals surface area contributed by atoms with Crippen LogP contribution in [0, 0.1) is 0 Å². The largest absolute Gasteiger partial charge is 0.322 e. The summed E-state index contributed by atoms with van der Waals surface area (Å²) in [5.41, 5.74) is -2.16. The van der Waals surface area contributed by atoms with Crippen molar-refractivity contribution in [1.82, 2.24) is 0 Å². The fourth-order valence-corrected chi connectivity index (χ4v) is 2.42. The van der Waals surface area contributed by atoms with Crippen molar-refractivity contribution in [3.63, 3.8) is 0 Å². The zero-order chi connectivity index (χ0) is 7.33. The van der Waals surface area contributed by atoms with E-state index in [2.05, 4.69) is 12.2 Å². The molecule has 6 heteroatoms. The summed E-state index contributed by atoms with van der Waals surface area (Å²) < 4.78 is 10.1. The van der Waals surface area contributed by atoms with Gasteiger partial charge in [0.15, 0.2) is 0 Å². The van der Waals surface area contributed by atoms with Crippen molar-refractivity contribution < 1.29 is 25.5 Å². The van der Waals surface area contributed by atoms with Gasteiger partial charge in [-0.05, 0) is 25.7 Å². The summed E-state index contributed by atoms with van der Waals surface area (Å²) >= 11 is 8.90. The third-order valence-corrected chi connectivity index (χ3v) is 3.08. The maximum Gasteiger partial charge on any atom is 0.244 e. The van der Waals surface area contributed by atoms with E-state index in [9.17, 15) is 0 Å². The van der Waals surface area contributed by atoms with E-state index in [1.54, 1.807) is 0 Å². The second kappa shape index (κ2) is 7.08. The molecule has 2 nitrogen and oxygen atoms in total. The Kier molecular flexibility index (Phi) is 9.89. The summed E-state index contributed by atoms with van der Waals surface area (Å²) in [4.78, 5) is 0. The Bertz CT molecular complexity index is 112. The molecule has 0 aliphatic carbocycles. The minimum Gasteiger partial charge on any atom is -0.322 e. The van der Waals surface area contributed by atoms with Crippen LogP contribution in [-0.2, 0) is 37.3 Å². The average Bonchev–Trinajstić information content (AvgIpc) is 1.64. The molecule has 0 aromatic heterocycles. The predicted octanol–water partition coefficient (Wildman–Crippen LogP) is 2.21. The smallest absolute Gasteiger partial charge is 0.244 e. The molecular formula is C4H11NiO2PS2. The van der Waals surface area contributed by atoms with Crippen LogP contribution in [-0.4, -0.2) is 13.2 Å². The first-order chi connectivity index (χ1) is 4.12. The van der Waals surface area contributed by atoms with Gasteiger partial charge in [-0.2, -0.15) is 0 Å². The van der Waals surface area contributed by atoms with Crippen LogP contribution in [0.4, 0.5) is 0 Å². The summed E-state index contributed by atoms with van der Waals surface area (Å²) in [5.74, 6) is 0. The molecule has 66 valence electrons. The van der Waals surface area contributed by atoms with E-state index < -0.39 is 5.69 Å². The molecule has 0 aromatic carbocycles. The molecule has 10 heavy (non-hydrogen) atoms. The van der Waals surface area contributed by atoms with Crippen LogP contribution >= 0.6 is 17.9 Å². The van der Waals surface area contributed by atoms with Crippen LogP contribution in [0.5, 0.6) is 0 Å². The van der Waals surface area contributed by atoms with Crippen molar-refractivity contribution in [3.05, 3.63) is 0 Å². The van der Waals surface area contributed by atoms with Crippen molar-refractivity contribution >= 4 is 29.7 Å². The fourth-order valence-electron chi connectivity index (χ4n) is 0.364. The predicted molar refractivity (Wildman–Crippen MR) is 46.5 cm³/mol. The number of rotatable bonds is 4. The van der Waals surface area contributed by atoms with E-state index in [1.165, 1.54) is 0 Å². The van der Waals surface area contributed by atoms with Gasteiger partial charge in [-0.25, -0.2) is 0 Å². The van der Waals surface area contributed by atoms with Crippen LogP contribution in [0.25, 0.3) is 0 Å². The normalized spacial score (nSPS) is 10.7. The van der Waals surface area contributed by atoms with E-state index in [1.807, 2.05) is 13.8 Å². The Morgan fingerprint density at radius 2 is 1.60 bits per heavy atom. The van der Waals surface area contributed by atoms with Gasteiger partial charge in [0, 0.05) is 16.5 Å². The molecular weight excluding hydrogens is 234 g/mol. The molecule has 0 rings (SSSR count). The third kappa shape index (κ3) is 7.52. The second-order valence-electron chi connectivity index (χ2n) is 1.30. The quantitative estimate of drug-likeness (QED) is 0.465. The van der Waals surface area contributed by atoms with E-state index in [4.69, 9.17) is 20.9 Å². The molecule has 0 aromatic rings. The van der Waals surface area contributed by atoms with Gasteiger partial charge in [0.2, 0.25) is 5.69 Å². The molecule has 0 saturated heterocycles. The van der Waals surface area contributed by atoms with E-state index in [-0.39, 0.29) is 16.5 Å². The van der Waals surface area contributed by atoms with Gasteiger partial charge in [-0.3, -0.25) is 0 Å². The van der Waals surface area contributed by atoms with Gasteiger partial charge in [0.05, 0.1) is 13.2 Å². The Morgan fingerprint density at radius 3 is 1.80 bits per heavy atom. The summed E-state index contributed by atoms with van der Waals surface area (Å²) in [6, 6.07) is 0. The van der Waals surface area contributed by atoms with Crippen molar-refractivity contribution in [3.8, 4) is 0 Å². The van der Waals surface area contributed by atoms with Crippen LogP contribution in [0.2, 0.25) is 0 Å². The van der Waals surface area contributed by atoms with Gasteiger partial charge in [0.1, 0.15) is 0 Å². The summed E-state index contributed by atoms with van der Waals surface area (Å²) in [6.45, 7) is 4.88. The molecule has 0 heterocycles. The summed E-state index contributed by atoms with van der Waals surface area (Å²) in [6.07, 6.45) is 0. The Morgan fingerprint density at radius 1 is 1.30 bits per heavy atom. The molecule has 0 atom stereocenters. The van der Waals surface area contributed by atoms with Gasteiger partial charge in [-0.15, -0.1) is 0 Å². The molecule has 0 N–H and O–H groups in total. The average molecular weight is 245 g/mol. The van der Waals surface area contributed by atoms with Gasteiger partial charge in [-0.1, -0.05) is 12.2 Å². The SMILES string of the molecule is CCOP(=S)(S)OCC.[Ni]. The molecule has 0 aliphatic rings. The van der Waals surface area contributed by atoms with E-state index in [0.717, 1.165) is 0 Å². The van der Waals surface area contributed by atoms with Gasteiger partial charge >= 0.3 is 0 Å². The molecule has 0 fully saturated rings. The van der Waals surface area contributed by atoms with Crippen LogP contribution in [0.15, 0.2) is 0 Å². The third-order valence-electron chi connectivity index (χ3n) is 0.584. The van der Waals surface area contributed by atoms with Crippen LogP contribution in [0.1, 0.15) is 13.8 Å². The minimum atomic E-state index is -2.16. The van der Waals surface area contributed by atoms with Gasteiger partial charge < -0.3 is 9.05 Å². The first-order valence-electron chi connectivity index (χ1n) is 2.74. The second-order valence-corrected chi connectivity index (χ2v) is 6.59. The molecule has 0 aliphatic heterocycles. The molecule has 0 bridgehead atoms. The van der Waals surface area contributed by atoms with E-state index >= 15 is 0 Å². The number of hydrogen-bond acceptors (Lipinski definition) is 3. The monoisotopic (exact) mass is 244 g/mol. The Hall–Kier alpha value is 1.41. The van der Waals surface area contributed by atoms with Gasteiger partial charge in [0.25, 0.3) is 0 Å². The Balaban J connectivity index is 0. The van der Waals surface area contributed by atoms with Crippen LogP contribution in [0.3, 0.4) is 0 Å². The van der Waals surface area contributed by atoms with Crippen molar-refractivity contribution in [2.75, 3.05) is 13.2 Å². The van der Waals surface area contributed by atoms with Crippen molar-refractivity contribution in [1.29, 1.82) is 0 Å². The topological polar surface area (TPSA) is 18.5 Å². The minimum absolute atomic E-state index is 0. The molecule has 0 amide bonds. The maximum absolute atomic E-state index is 5.04. The Labute approximate surface area is 82.3 Å².